The van der Waals surface area contributed by atoms with Gasteiger partial charge in [-0.25, -0.2) is 13.4 Å². The summed E-state index contributed by atoms with van der Waals surface area (Å²) >= 11 is 6.06. The van der Waals surface area contributed by atoms with Gasteiger partial charge in [-0.3, -0.25) is 4.79 Å². The number of carbonyl (C=O) groups excluding carboxylic acids is 1. The van der Waals surface area contributed by atoms with Crippen LogP contribution in [0.5, 0.6) is 0 Å². The molecule has 1 aromatic heterocycles. The first-order chi connectivity index (χ1) is 13.3. The molecule has 0 aliphatic rings. The van der Waals surface area contributed by atoms with Crippen molar-refractivity contribution in [2.24, 2.45) is 0 Å². The quantitative estimate of drug-likeness (QED) is 0.635. The van der Waals surface area contributed by atoms with E-state index in [1.165, 1.54) is 0 Å². The molecule has 1 heterocycles. The van der Waals surface area contributed by atoms with Crippen LogP contribution < -0.4 is 5.32 Å². The molecule has 0 spiro atoms. The molecule has 148 valence electrons. The molecular formula is C20H22ClN3O3S. The van der Waals surface area contributed by atoms with E-state index < -0.39 is 9.84 Å². The average molecular weight is 420 g/mol. The fourth-order valence-electron chi connectivity index (χ4n) is 3.17. The van der Waals surface area contributed by atoms with E-state index in [0.717, 1.165) is 17.3 Å². The standard InChI is InChI=1S/C20H22ClN3O3S/c1-3-16(14-7-6-8-15(21)11-14)23-20(25)12-24-18-10-5-4-9-17(18)22-19(24)13-28(2,26)27/h4-11,16H,3,12-13H2,1-2H3,(H,23,25)/t16-/m0/s1. The average Bonchev–Trinajstić information content (AvgIpc) is 2.95. The van der Waals surface area contributed by atoms with Gasteiger partial charge in [0.05, 0.1) is 17.1 Å². The van der Waals surface area contributed by atoms with Crippen molar-refractivity contribution in [3.05, 3.63) is 64.9 Å². The Morgan fingerprint density at radius 1 is 1.21 bits per heavy atom. The van der Waals surface area contributed by atoms with Gasteiger partial charge in [0.15, 0.2) is 9.84 Å². The molecule has 0 aliphatic heterocycles. The number of rotatable bonds is 7. The third-order valence-corrected chi connectivity index (χ3v) is 5.44. The lowest BCUT2D eigenvalue weighted by Gasteiger charge is -2.18. The maximum atomic E-state index is 12.8. The largest absolute Gasteiger partial charge is 0.348 e. The molecule has 28 heavy (non-hydrogen) atoms. The van der Waals surface area contributed by atoms with Gasteiger partial charge in [-0.1, -0.05) is 42.8 Å². The predicted molar refractivity (Wildman–Crippen MR) is 111 cm³/mol. The molecule has 0 bridgehead atoms. The van der Waals surface area contributed by atoms with Crippen molar-refractivity contribution in [2.75, 3.05) is 6.26 Å². The van der Waals surface area contributed by atoms with Gasteiger partial charge < -0.3 is 9.88 Å². The van der Waals surface area contributed by atoms with Crippen LogP contribution in [0.1, 0.15) is 30.8 Å². The molecule has 0 fully saturated rings. The molecule has 1 amide bonds. The normalized spacial score (nSPS) is 12.8. The molecule has 2 aromatic carbocycles. The molecule has 8 heteroatoms. The van der Waals surface area contributed by atoms with E-state index in [0.29, 0.717) is 22.8 Å². The lowest BCUT2D eigenvalue weighted by Crippen LogP contribution is -2.32. The molecule has 0 aliphatic carbocycles. The van der Waals surface area contributed by atoms with Crippen LogP contribution in [0.3, 0.4) is 0 Å². The topological polar surface area (TPSA) is 81.1 Å². The maximum Gasteiger partial charge on any atom is 0.240 e. The summed E-state index contributed by atoms with van der Waals surface area (Å²) in [6, 6.07) is 14.5. The highest BCUT2D eigenvalue weighted by molar-refractivity contribution is 7.89. The van der Waals surface area contributed by atoms with Crippen LogP contribution in [-0.2, 0) is 26.9 Å². The Hall–Kier alpha value is -2.38. The van der Waals surface area contributed by atoms with E-state index >= 15 is 0 Å². The zero-order valence-corrected chi connectivity index (χ0v) is 17.3. The van der Waals surface area contributed by atoms with E-state index in [4.69, 9.17) is 11.6 Å². The molecule has 0 unspecified atom stereocenters. The van der Waals surface area contributed by atoms with Crippen molar-refractivity contribution >= 4 is 38.4 Å². The molecule has 1 N–H and O–H groups in total. The lowest BCUT2D eigenvalue weighted by atomic mass is 10.0. The Kier molecular flexibility index (Phi) is 6.05. The number of aromatic nitrogens is 2. The smallest absolute Gasteiger partial charge is 0.240 e. The van der Waals surface area contributed by atoms with Crippen molar-refractivity contribution in [3.8, 4) is 0 Å². The minimum absolute atomic E-state index is 0.0115. The monoisotopic (exact) mass is 419 g/mol. The highest BCUT2D eigenvalue weighted by atomic mass is 35.5. The Labute approximate surface area is 169 Å². The first-order valence-corrected chi connectivity index (χ1v) is 11.4. The van der Waals surface area contributed by atoms with Crippen molar-refractivity contribution < 1.29 is 13.2 Å². The van der Waals surface area contributed by atoms with Gasteiger partial charge in [-0.15, -0.1) is 0 Å². The Bertz CT molecular complexity index is 1110. The van der Waals surface area contributed by atoms with Crippen molar-refractivity contribution in [3.63, 3.8) is 0 Å². The van der Waals surface area contributed by atoms with Crippen LogP contribution in [0, 0.1) is 0 Å². The fourth-order valence-corrected chi connectivity index (χ4v) is 4.06. The number of hydrogen-bond acceptors (Lipinski definition) is 4. The van der Waals surface area contributed by atoms with E-state index in [9.17, 15) is 13.2 Å². The van der Waals surface area contributed by atoms with E-state index in [1.807, 2.05) is 43.3 Å². The Morgan fingerprint density at radius 3 is 2.64 bits per heavy atom. The Morgan fingerprint density at radius 2 is 1.96 bits per heavy atom. The summed E-state index contributed by atoms with van der Waals surface area (Å²) in [6.07, 6.45) is 1.86. The summed E-state index contributed by atoms with van der Waals surface area (Å²) < 4.78 is 25.2. The van der Waals surface area contributed by atoms with Crippen LogP contribution in [0.2, 0.25) is 5.02 Å². The maximum absolute atomic E-state index is 12.8. The number of imidazole rings is 1. The number of carbonyl (C=O) groups is 1. The van der Waals surface area contributed by atoms with Gasteiger partial charge >= 0.3 is 0 Å². The van der Waals surface area contributed by atoms with Crippen LogP contribution >= 0.6 is 11.6 Å². The molecule has 0 radical (unpaired) electrons. The zero-order chi connectivity index (χ0) is 20.3. The second-order valence-corrected chi connectivity index (χ2v) is 9.33. The number of hydrogen-bond donors (Lipinski definition) is 1. The molecular weight excluding hydrogens is 398 g/mol. The zero-order valence-electron chi connectivity index (χ0n) is 15.7. The number of benzene rings is 2. The summed E-state index contributed by atoms with van der Waals surface area (Å²) in [5.41, 5.74) is 2.32. The Balaban J connectivity index is 1.86. The lowest BCUT2D eigenvalue weighted by molar-refractivity contribution is -0.122. The third-order valence-electron chi connectivity index (χ3n) is 4.42. The number of nitrogens with zero attached hydrogens (tertiary/aromatic N) is 2. The summed E-state index contributed by atoms with van der Waals surface area (Å²) in [5.74, 6) is -0.0834. The van der Waals surface area contributed by atoms with E-state index in [2.05, 4.69) is 10.3 Å². The molecule has 0 saturated carbocycles. The molecule has 0 saturated heterocycles. The number of halogens is 1. The highest BCUT2D eigenvalue weighted by Crippen LogP contribution is 2.21. The second-order valence-electron chi connectivity index (χ2n) is 6.76. The van der Waals surface area contributed by atoms with Gasteiger partial charge in [0.25, 0.3) is 0 Å². The van der Waals surface area contributed by atoms with Gasteiger partial charge in [-0.05, 0) is 36.2 Å². The molecule has 3 aromatic rings. The number of fused-ring (bicyclic) bond motifs is 1. The van der Waals surface area contributed by atoms with Gasteiger partial charge in [0, 0.05) is 11.3 Å². The summed E-state index contributed by atoms with van der Waals surface area (Å²) in [6.45, 7) is 1.97. The minimum Gasteiger partial charge on any atom is -0.348 e. The molecule has 6 nitrogen and oxygen atoms in total. The van der Waals surface area contributed by atoms with Crippen LogP contribution in [0.15, 0.2) is 48.5 Å². The number of sulfone groups is 1. The fraction of sp³-hybridized carbons (Fsp3) is 0.300. The third kappa shape index (κ3) is 4.91. The first-order valence-electron chi connectivity index (χ1n) is 8.93. The summed E-state index contributed by atoms with van der Waals surface area (Å²) in [7, 11) is -3.29. The van der Waals surface area contributed by atoms with Gasteiger partial charge in [-0.2, -0.15) is 0 Å². The van der Waals surface area contributed by atoms with E-state index in [1.54, 1.807) is 16.7 Å². The van der Waals surface area contributed by atoms with E-state index in [-0.39, 0.29) is 24.2 Å². The number of amides is 1. The van der Waals surface area contributed by atoms with Crippen LogP contribution in [-0.4, -0.2) is 30.1 Å². The van der Waals surface area contributed by atoms with Crippen LogP contribution in [0.25, 0.3) is 11.0 Å². The first kappa shape index (κ1) is 20.4. The van der Waals surface area contributed by atoms with Gasteiger partial charge in [0.1, 0.15) is 18.1 Å². The summed E-state index contributed by atoms with van der Waals surface area (Å²) in [4.78, 5) is 17.2. The number of nitrogens with one attached hydrogen (secondary N) is 1. The number of para-hydroxylation sites is 2. The second kappa shape index (κ2) is 8.32. The van der Waals surface area contributed by atoms with Crippen molar-refractivity contribution in [1.82, 2.24) is 14.9 Å². The molecule has 1 atom stereocenters. The predicted octanol–water partition coefficient (Wildman–Crippen LogP) is 3.50. The molecule has 3 rings (SSSR count). The SMILES string of the molecule is CC[C@H](NC(=O)Cn1c(CS(C)(=O)=O)nc2ccccc21)c1cccc(Cl)c1. The minimum atomic E-state index is -3.29. The van der Waals surface area contributed by atoms with Crippen LogP contribution in [0.4, 0.5) is 0 Å². The van der Waals surface area contributed by atoms with Gasteiger partial charge in [0.2, 0.25) is 5.91 Å². The highest BCUT2D eigenvalue weighted by Gasteiger charge is 2.19. The van der Waals surface area contributed by atoms with Crippen molar-refractivity contribution in [2.45, 2.75) is 31.7 Å². The van der Waals surface area contributed by atoms with Crippen molar-refractivity contribution in [1.29, 1.82) is 0 Å². The summed E-state index contributed by atoms with van der Waals surface area (Å²) in [5, 5.41) is 3.62.